The minimum Gasteiger partial charge on any atom is -0.490 e. The van der Waals surface area contributed by atoms with Gasteiger partial charge in [0.15, 0.2) is 18.1 Å². The van der Waals surface area contributed by atoms with Crippen LogP contribution in [0.3, 0.4) is 0 Å². The summed E-state index contributed by atoms with van der Waals surface area (Å²) in [5.74, 6) is 0.631. The van der Waals surface area contributed by atoms with Crippen molar-refractivity contribution < 1.29 is 32.9 Å². The molecule has 1 atom stereocenters. The topological polar surface area (TPSA) is 113 Å². The summed E-state index contributed by atoms with van der Waals surface area (Å²) in [6.07, 6.45) is 0. The lowest BCUT2D eigenvalue weighted by Crippen LogP contribution is -2.22. The van der Waals surface area contributed by atoms with Gasteiger partial charge in [0, 0.05) is 11.6 Å². The lowest BCUT2D eigenvalue weighted by molar-refractivity contribution is -0.136. The van der Waals surface area contributed by atoms with Crippen LogP contribution in [0, 0.1) is 31.0 Å². The maximum Gasteiger partial charge on any atom is 0.349 e. The van der Waals surface area contributed by atoms with Crippen LogP contribution in [-0.4, -0.2) is 19.2 Å². The second-order valence-electron chi connectivity index (χ2n) is 10.1. The molecule has 2 N–H and O–H groups in total. The number of carbonyl (C=O) groups is 1. The van der Waals surface area contributed by atoms with Crippen molar-refractivity contribution in [2.45, 2.75) is 33.3 Å². The highest BCUT2D eigenvalue weighted by Crippen LogP contribution is 2.45. The van der Waals surface area contributed by atoms with E-state index in [0.717, 1.165) is 22.3 Å². The molecule has 0 aliphatic carbocycles. The van der Waals surface area contributed by atoms with E-state index in [1.54, 1.807) is 48.5 Å². The summed E-state index contributed by atoms with van der Waals surface area (Å²) >= 11 is 0. The third kappa shape index (κ3) is 6.60. The van der Waals surface area contributed by atoms with Crippen molar-refractivity contribution >= 4 is 5.97 Å². The number of fused-ring (bicyclic) bond motifs is 1. The molecule has 0 bridgehead atoms. The second kappa shape index (κ2) is 13.2. The van der Waals surface area contributed by atoms with Crippen LogP contribution in [0.4, 0.5) is 4.39 Å². The summed E-state index contributed by atoms with van der Waals surface area (Å²) in [4.78, 5) is 12.6. The second-order valence-corrected chi connectivity index (χ2v) is 10.1. The van der Waals surface area contributed by atoms with Crippen molar-refractivity contribution in [2.24, 2.45) is 5.73 Å². The zero-order chi connectivity index (χ0) is 31.2. The summed E-state index contributed by atoms with van der Waals surface area (Å²) in [5.41, 5.74) is 10.6. The molecule has 4 aromatic rings. The van der Waals surface area contributed by atoms with Gasteiger partial charge in [-0.3, -0.25) is 0 Å². The molecule has 44 heavy (non-hydrogen) atoms. The largest absolute Gasteiger partial charge is 0.490 e. The first-order chi connectivity index (χ1) is 21.3. The predicted octanol–water partition coefficient (Wildman–Crippen LogP) is 6.62. The van der Waals surface area contributed by atoms with Crippen LogP contribution < -0.4 is 29.4 Å². The van der Waals surface area contributed by atoms with Gasteiger partial charge in [0.2, 0.25) is 5.88 Å². The summed E-state index contributed by atoms with van der Waals surface area (Å²) in [7, 11) is 0. The number of carbonyl (C=O) groups excluding carboxylic acids is 1. The highest BCUT2D eigenvalue weighted by molar-refractivity contribution is 5.74. The number of hydrogen-bond acceptors (Lipinski definition) is 8. The quantitative estimate of drug-likeness (QED) is 0.161. The average molecular weight is 595 g/mol. The number of halogens is 1. The van der Waals surface area contributed by atoms with Crippen LogP contribution >= 0.6 is 0 Å². The van der Waals surface area contributed by atoms with E-state index in [1.165, 1.54) is 12.1 Å². The maximum absolute atomic E-state index is 13.3. The number of rotatable bonds is 10. The zero-order valence-electron chi connectivity index (χ0n) is 24.6. The molecule has 4 aromatic carbocycles. The summed E-state index contributed by atoms with van der Waals surface area (Å²) in [6.45, 7) is 6.07. The first kappa shape index (κ1) is 30.0. The first-order valence-electron chi connectivity index (χ1n) is 14.0. The number of allylic oxidation sites excluding steroid dienone is 1. The molecule has 224 valence electrons. The maximum atomic E-state index is 13.3. The van der Waals surface area contributed by atoms with Gasteiger partial charge in [0.1, 0.15) is 41.3 Å². The van der Waals surface area contributed by atoms with Crippen LogP contribution in [0.25, 0.3) is 0 Å². The molecular weight excluding hydrogens is 563 g/mol. The van der Waals surface area contributed by atoms with Gasteiger partial charge in [-0.25, -0.2) is 9.18 Å². The summed E-state index contributed by atoms with van der Waals surface area (Å²) < 4.78 is 42.1. The number of ether oxygens (including phenoxy) is 5. The Morgan fingerprint density at radius 2 is 1.75 bits per heavy atom. The van der Waals surface area contributed by atoms with Gasteiger partial charge in [-0.15, -0.1) is 0 Å². The van der Waals surface area contributed by atoms with Crippen molar-refractivity contribution in [1.29, 1.82) is 5.26 Å². The number of nitrogens with zero attached hydrogens (tertiary/aromatic N) is 1. The molecule has 0 amide bonds. The van der Waals surface area contributed by atoms with Gasteiger partial charge >= 0.3 is 5.97 Å². The SMILES string of the molecule is CCOc1cc(C2C(C#N)=C(N)Oc3cc(OC(=O)COc4cccc(C)c4C)ccc32)ccc1OCc1ccc(F)cc1. The lowest BCUT2D eigenvalue weighted by Gasteiger charge is -2.27. The fourth-order valence-electron chi connectivity index (χ4n) is 4.85. The van der Waals surface area contributed by atoms with Crippen LogP contribution in [0.15, 0.2) is 90.3 Å². The number of hydrogen-bond donors (Lipinski definition) is 1. The lowest BCUT2D eigenvalue weighted by atomic mass is 9.83. The molecule has 8 nitrogen and oxygen atoms in total. The van der Waals surface area contributed by atoms with Crippen molar-refractivity contribution in [3.8, 4) is 34.8 Å². The Morgan fingerprint density at radius 1 is 0.955 bits per heavy atom. The number of esters is 1. The average Bonchev–Trinajstić information content (AvgIpc) is 3.01. The van der Waals surface area contributed by atoms with E-state index in [9.17, 15) is 14.4 Å². The highest BCUT2D eigenvalue weighted by atomic mass is 19.1. The van der Waals surface area contributed by atoms with E-state index < -0.39 is 11.9 Å². The van der Waals surface area contributed by atoms with Gasteiger partial charge in [-0.05, 0) is 79.4 Å². The van der Waals surface area contributed by atoms with Crippen molar-refractivity contribution in [3.05, 3.63) is 124 Å². The zero-order valence-corrected chi connectivity index (χ0v) is 24.6. The molecule has 1 aliphatic rings. The van der Waals surface area contributed by atoms with Crippen LogP contribution in [0.2, 0.25) is 0 Å². The van der Waals surface area contributed by atoms with Gasteiger partial charge < -0.3 is 29.4 Å². The Labute approximate surface area is 255 Å². The Bertz CT molecular complexity index is 1760. The van der Waals surface area contributed by atoms with E-state index in [0.29, 0.717) is 35.2 Å². The molecule has 0 saturated heterocycles. The normalized spacial score (nSPS) is 13.8. The standard InChI is InChI=1S/C35H31FN2O6/c1-4-40-32-16-24(10-15-30(32)41-19-23-8-11-25(36)12-9-23)34-27-14-13-26(17-31(27)44-35(38)28(34)18-37)43-33(39)20-42-29-7-5-6-21(2)22(29)3/h5-17,34H,4,19-20,38H2,1-3H3. The van der Waals surface area contributed by atoms with Crippen LogP contribution in [0.1, 0.15) is 40.7 Å². The third-order valence-corrected chi connectivity index (χ3v) is 7.23. The molecular formula is C35H31FN2O6. The number of nitrogens with two attached hydrogens (primary N) is 1. The Hall–Kier alpha value is -5.49. The highest BCUT2D eigenvalue weighted by Gasteiger charge is 2.32. The van der Waals surface area contributed by atoms with Gasteiger partial charge in [-0.2, -0.15) is 5.26 Å². The molecule has 5 rings (SSSR count). The van der Waals surface area contributed by atoms with Crippen molar-refractivity contribution in [2.75, 3.05) is 13.2 Å². The molecule has 0 fully saturated rings. The number of nitriles is 1. The van der Waals surface area contributed by atoms with E-state index >= 15 is 0 Å². The number of benzene rings is 4. The fraction of sp³-hybridized carbons (Fsp3) is 0.200. The van der Waals surface area contributed by atoms with Crippen LogP contribution in [-0.2, 0) is 11.4 Å². The van der Waals surface area contributed by atoms with Crippen LogP contribution in [0.5, 0.6) is 28.7 Å². The first-order valence-corrected chi connectivity index (χ1v) is 14.0. The molecule has 0 spiro atoms. The Morgan fingerprint density at radius 3 is 2.50 bits per heavy atom. The van der Waals surface area contributed by atoms with Gasteiger partial charge in [-0.1, -0.05) is 36.4 Å². The monoisotopic (exact) mass is 594 g/mol. The smallest absolute Gasteiger partial charge is 0.349 e. The predicted molar refractivity (Wildman–Crippen MR) is 161 cm³/mol. The molecule has 1 heterocycles. The molecule has 1 unspecified atom stereocenters. The minimum absolute atomic E-state index is 0.0543. The molecule has 9 heteroatoms. The molecule has 0 radical (unpaired) electrons. The van der Waals surface area contributed by atoms with Crippen molar-refractivity contribution in [3.63, 3.8) is 0 Å². The summed E-state index contributed by atoms with van der Waals surface area (Å²) in [6, 6.07) is 24.2. The molecule has 0 aromatic heterocycles. The van der Waals surface area contributed by atoms with Gasteiger partial charge in [0.25, 0.3) is 0 Å². The van der Waals surface area contributed by atoms with E-state index in [4.69, 9.17) is 29.4 Å². The van der Waals surface area contributed by atoms with E-state index in [2.05, 4.69) is 6.07 Å². The van der Waals surface area contributed by atoms with E-state index in [1.807, 2.05) is 39.0 Å². The van der Waals surface area contributed by atoms with Crippen molar-refractivity contribution in [1.82, 2.24) is 0 Å². The fourth-order valence-corrected chi connectivity index (χ4v) is 4.85. The Kier molecular flexibility index (Phi) is 9.01. The molecule has 1 aliphatic heterocycles. The Balaban J connectivity index is 1.37. The molecule has 0 saturated carbocycles. The third-order valence-electron chi connectivity index (χ3n) is 7.23. The summed E-state index contributed by atoms with van der Waals surface area (Å²) in [5, 5.41) is 10.0. The minimum atomic E-state index is -0.586. The number of aryl methyl sites for hydroxylation is 1. The van der Waals surface area contributed by atoms with Gasteiger partial charge in [0.05, 0.1) is 12.5 Å². The van der Waals surface area contributed by atoms with E-state index in [-0.39, 0.29) is 36.2 Å².